The third kappa shape index (κ3) is 4.07. The van der Waals surface area contributed by atoms with Crippen LogP contribution in [0.4, 0.5) is 0 Å². The normalized spacial score (nSPS) is 16.4. The van der Waals surface area contributed by atoms with E-state index in [4.69, 9.17) is 9.97 Å². The summed E-state index contributed by atoms with van der Waals surface area (Å²) in [6.07, 6.45) is 2.91. The lowest BCUT2D eigenvalue weighted by Crippen LogP contribution is -2.16. The van der Waals surface area contributed by atoms with Gasteiger partial charge in [-0.3, -0.25) is 4.57 Å². The second kappa shape index (κ2) is 11.3. The van der Waals surface area contributed by atoms with E-state index < -0.39 is 0 Å². The maximum Gasteiger partial charge on any atom is 0.235 e. The number of hydrogen-bond donors (Lipinski definition) is 0. The van der Waals surface area contributed by atoms with Crippen LogP contribution in [-0.4, -0.2) is 14.5 Å². The molecule has 262 valence electrons. The molecule has 3 nitrogen and oxygen atoms in total. The maximum atomic E-state index is 5.79. The van der Waals surface area contributed by atoms with Crippen molar-refractivity contribution in [1.82, 2.24) is 14.5 Å². The number of benzene rings is 8. The third-order valence-corrected chi connectivity index (χ3v) is 13.2. The van der Waals surface area contributed by atoms with Crippen LogP contribution in [0, 0.1) is 0 Å². The topological polar surface area (TPSA) is 30.7 Å². The highest BCUT2D eigenvalue weighted by atomic mass is 15.2. The molecule has 0 radical (unpaired) electrons. The lowest BCUT2D eigenvalue weighted by molar-refractivity contribution is 0.703. The Kier molecular flexibility index (Phi) is 6.18. The van der Waals surface area contributed by atoms with Crippen molar-refractivity contribution in [3.63, 3.8) is 0 Å². The molecule has 3 aliphatic rings. The van der Waals surface area contributed by atoms with Crippen LogP contribution >= 0.6 is 0 Å². The lowest BCUT2D eigenvalue weighted by atomic mass is 9.71. The Balaban J connectivity index is 1.18. The summed E-state index contributed by atoms with van der Waals surface area (Å²) in [5, 5.41) is 6.18. The number of rotatable bonds is 2. The summed E-state index contributed by atoms with van der Waals surface area (Å²) < 4.78 is 2.29. The van der Waals surface area contributed by atoms with Crippen LogP contribution in [0.1, 0.15) is 51.8 Å². The Hall–Kier alpha value is -6.84. The molecule has 0 spiro atoms. The summed E-state index contributed by atoms with van der Waals surface area (Å²) in [6, 6.07) is 60.7. The zero-order chi connectivity index (χ0) is 36.5. The highest BCUT2D eigenvalue weighted by Crippen LogP contribution is 2.60. The average Bonchev–Trinajstić information content (AvgIpc) is 3.70. The van der Waals surface area contributed by atoms with Crippen molar-refractivity contribution in [2.24, 2.45) is 0 Å². The highest BCUT2D eigenvalue weighted by molar-refractivity contribution is 6.09. The molecule has 56 heavy (non-hydrogen) atoms. The van der Waals surface area contributed by atoms with Gasteiger partial charge in [0.2, 0.25) is 5.95 Å². The molecule has 0 saturated heterocycles. The van der Waals surface area contributed by atoms with Crippen LogP contribution in [0.2, 0.25) is 0 Å². The Morgan fingerprint density at radius 1 is 0.464 bits per heavy atom. The summed E-state index contributed by atoms with van der Waals surface area (Å²) in [6.45, 7) is 0. The average molecular weight is 714 g/mol. The van der Waals surface area contributed by atoms with Gasteiger partial charge in [0.15, 0.2) is 0 Å². The van der Waals surface area contributed by atoms with E-state index >= 15 is 0 Å². The lowest BCUT2D eigenvalue weighted by Gasteiger charge is -2.32. The van der Waals surface area contributed by atoms with Crippen molar-refractivity contribution < 1.29 is 0 Å². The predicted octanol–water partition coefficient (Wildman–Crippen LogP) is 13.0. The number of fused-ring (bicyclic) bond motifs is 15. The highest BCUT2D eigenvalue weighted by Gasteiger charge is 2.41. The fraction of sp³-hybridized carbons (Fsp3) is 0.0943. The van der Waals surface area contributed by atoms with E-state index in [2.05, 4.69) is 168 Å². The zero-order valence-electron chi connectivity index (χ0n) is 30.7. The van der Waals surface area contributed by atoms with Gasteiger partial charge in [-0.2, -0.15) is 0 Å². The molecule has 0 aliphatic heterocycles. The fourth-order valence-corrected chi connectivity index (χ4v) is 10.9. The van der Waals surface area contributed by atoms with Crippen LogP contribution in [0.3, 0.4) is 0 Å². The standard InChI is InChI=1S/C53H35N3/c1-3-15-34-31(13-1)27-28-41(52-40-21-7-10-22-45(40)54-53(55-52)56-46-23-11-8-19-38(46)39-20-9-12-24-47(39)56)49-43(34)30-44-37-18-6-5-17-36(37)42-29-33-26-25-32-14-2-4-16-35(32)48(33)51(49)50(42)44/h1-26,30,41-42H,27-29H2. The second-order valence-electron chi connectivity index (χ2n) is 15.9. The SMILES string of the molecule is c1ccc2c(c1)CCC(c1nc(-n3c4ccccc4c4ccccc43)nc3ccccc13)c1c-2cc2c3c1-c1c(ccc4ccccc14)CC3c1ccccc1-2. The van der Waals surface area contributed by atoms with Crippen LogP contribution in [-0.2, 0) is 12.8 Å². The second-order valence-corrected chi connectivity index (χ2v) is 15.9. The van der Waals surface area contributed by atoms with Gasteiger partial charge in [0.1, 0.15) is 0 Å². The third-order valence-electron chi connectivity index (χ3n) is 13.2. The molecular formula is C53H35N3. The minimum atomic E-state index is 0.0201. The molecule has 2 heterocycles. The molecule has 2 aromatic heterocycles. The molecule has 2 unspecified atom stereocenters. The van der Waals surface area contributed by atoms with Gasteiger partial charge in [-0.1, -0.05) is 140 Å². The first kappa shape index (κ1) is 30.5. The van der Waals surface area contributed by atoms with Crippen molar-refractivity contribution in [3.8, 4) is 39.3 Å². The summed E-state index contributed by atoms with van der Waals surface area (Å²) >= 11 is 0. The van der Waals surface area contributed by atoms with E-state index in [1.807, 2.05) is 0 Å². The minimum Gasteiger partial charge on any atom is -0.278 e. The van der Waals surface area contributed by atoms with Gasteiger partial charge in [-0.05, 0) is 115 Å². The van der Waals surface area contributed by atoms with Gasteiger partial charge < -0.3 is 0 Å². The van der Waals surface area contributed by atoms with Gasteiger partial charge in [0, 0.05) is 28.0 Å². The van der Waals surface area contributed by atoms with Gasteiger partial charge in [-0.15, -0.1) is 0 Å². The van der Waals surface area contributed by atoms with E-state index in [1.165, 1.54) is 82.7 Å². The Morgan fingerprint density at radius 3 is 1.95 bits per heavy atom. The van der Waals surface area contributed by atoms with Gasteiger partial charge in [0.25, 0.3) is 0 Å². The van der Waals surface area contributed by atoms with Crippen LogP contribution in [0.25, 0.3) is 82.8 Å². The number of aryl methyl sites for hydroxylation is 1. The van der Waals surface area contributed by atoms with Crippen LogP contribution in [0.15, 0.2) is 164 Å². The van der Waals surface area contributed by atoms with Crippen molar-refractivity contribution in [2.75, 3.05) is 0 Å². The van der Waals surface area contributed by atoms with E-state index in [1.54, 1.807) is 0 Å². The van der Waals surface area contributed by atoms with Gasteiger partial charge in [0.05, 0.1) is 22.2 Å². The first-order valence-corrected chi connectivity index (χ1v) is 19.9. The smallest absolute Gasteiger partial charge is 0.235 e. The molecule has 0 N–H and O–H groups in total. The summed E-state index contributed by atoms with van der Waals surface area (Å²) in [5.74, 6) is 1.06. The summed E-state index contributed by atoms with van der Waals surface area (Å²) in [4.78, 5) is 11.2. The van der Waals surface area contributed by atoms with Crippen molar-refractivity contribution in [1.29, 1.82) is 0 Å². The maximum absolute atomic E-state index is 5.79. The van der Waals surface area contributed by atoms with E-state index in [-0.39, 0.29) is 5.92 Å². The number of para-hydroxylation sites is 3. The molecule has 0 saturated carbocycles. The summed E-state index contributed by atoms with van der Waals surface area (Å²) in [5.41, 5.74) is 19.8. The molecule has 3 heteroatoms. The van der Waals surface area contributed by atoms with E-state index in [0.717, 1.165) is 52.8 Å². The number of hydrogen-bond acceptors (Lipinski definition) is 2. The molecule has 8 aromatic carbocycles. The quantitative estimate of drug-likeness (QED) is 0.179. The van der Waals surface area contributed by atoms with E-state index in [0.29, 0.717) is 5.92 Å². The fourth-order valence-electron chi connectivity index (χ4n) is 10.9. The minimum absolute atomic E-state index is 0.0201. The zero-order valence-corrected chi connectivity index (χ0v) is 30.7. The number of nitrogens with zero attached hydrogens (tertiary/aromatic N) is 3. The molecule has 0 bridgehead atoms. The monoisotopic (exact) mass is 713 g/mol. The molecule has 3 aliphatic carbocycles. The molecule has 0 fully saturated rings. The number of aromatic nitrogens is 3. The first-order valence-electron chi connectivity index (χ1n) is 19.9. The predicted molar refractivity (Wildman–Crippen MR) is 230 cm³/mol. The Morgan fingerprint density at radius 2 is 1.11 bits per heavy atom. The Labute approximate surface area is 324 Å². The molecular weight excluding hydrogens is 679 g/mol. The van der Waals surface area contributed by atoms with E-state index in [9.17, 15) is 0 Å². The van der Waals surface area contributed by atoms with Crippen molar-refractivity contribution in [2.45, 2.75) is 31.1 Å². The van der Waals surface area contributed by atoms with Gasteiger partial charge in [-0.25, -0.2) is 9.97 Å². The van der Waals surface area contributed by atoms with Crippen molar-refractivity contribution in [3.05, 3.63) is 197 Å². The molecule has 0 amide bonds. The van der Waals surface area contributed by atoms with Crippen molar-refractivity contribution >= 4 is 43.5 Å². The van der Waals surface area contributed by atoms with Gasteiger partial charge >= 0.3 is 0 Å². The largest absolute Gasteiger partial charge is 0.278 e. The molecule has 10 aromatic rings. The summed E-state index contributed by atoms with van der Waals surface area (Å²) in [7, 11) is 0. The first-order chi connectivity index (χ1) is 27.8. The Bertz CT molecular complexity index is 3260. The molecule has 13 rings (SSSR count). The van der Waals surface area contributed by atoms with Crippen LogP contribution < -0.4 is 0 Å². The van der Waals surface area contributed by atoms with Crippen LogP contribution in [0.5, 0.6) is 0 Å². The molecule has 2 atom stereocenters.